The summed E-state index contributed by atoms with van der Waals surface area (Å²) < 4.78 is 1.12. The molecule has 206 valence electrons. The summed E-state index contributed by atoms with van der Waals surface area (Å²) in [7, 11) is 6.88. The van der Waals surface area contributed by atoms with Gasteiger partial charge in [0.1, 0.15) is 0 Å². The van der Waals surface area contributed by atoms with E-state index in [9.17, 15) is 9.59 Å². The van der Waals surface area contributed by atoms with Gasteiger partial charge in [-0.05, 0) is 38.5 Å². The number of unbranched alkanes of at least 4 members (excludes halogenated alkanes) is 13. The van der Waals surface area contributed by atoms with Crippen molar-refractivity contribution in [2.24, 2.45) is 11.8 Å². The van der Waals surface area contributed by atoms with Crippen LogP contribution in [0.2, 0.25) is 0 Å². The van der Waals surface area contributed by atoms with Crippen LogP contribution >= 0.6 is 17.0 Å². The minimum Gasteiger partial charge on any atom is -1.00 e. The Balaban J connectivity index is -0.000000590. The van der Waals surface area contributed by atoms with Gasteiger partial charge in [-0.2, -0.15) is 0 Å². The zero-order chi connectivity index (χ0) is 24.2. The average Bonchev–Trinajstić information content (AvgIpc) is 2.73. The second kappa shape index (κ2) is 24.5. The molecular formula is C27H55Br2NO4. The van der Waals surface area contributed by atoms with E-state index in [4.69, 9.17) is 10.2 Å². The van der Waals surface area contributed by atoms with Gasteiger partial charge in [0.05, 0.1) is 39.5 Å². The first-order chi connectivity index (χ1) is 15.2. The first-order valence-electron chi connectivity index (χ1n) is 13.4. The molecule has 2 N–H and O–H groups in total. The van der Waals surface area contributed by atoms with Crippen LogP contribution in [0.1, 0.15) is 122 Å². The predicted octanol–water partition coefficient (Wildman–Crippen LogP) is 4.72. The van der Waals surface area contributed by atoms with Crippen molar-refractivity contribution in [2.75, 3.05) is 27.7 Å². The zero-order valence-corrected chi connectivity index (χ0v) is 25.8. The number of rotatable bonds is 17. The van der Waals surface area contributed by atoms with Gasteiger partial charge in [0.2, 0.25) is 0 Å². The highest BCUT2D eigenvalue weighted by molar-refractivity contribution is 8.93. The van der Waals surface area contributed by atoms with Crippen LogP contribution in [0.5, 0.6) is 0 Å². The fourth-order valence-corrected chi connectivity index (χ4v) is 4.37. The summed E-state index contributed by atoms with van der Waals surface area (Å²) in [5.74, 6) is -2.22. The van der Waals surface area contributed by atoms with Crippen LogP contribution in [-0.4, -0.2) is 54.3 Å². The molecule has 5 nitrogen and oxygen atoms in total. The van der Waals surface area contributed by atoms with E-state index in [1.165, 1.54) is 96.4 Å². The van der Waals surface area contributed by atoms with Crippen molar-refractivity contribution in [3.8, 4) is 0 Å². The number of quaternary nitrogens is 1. The lowest BCUT2D eigenvalue weighted by Gasteiger charge is -2.23. The maximum absolute atomic E-state index is 10.5. The second-order valence-corrected chi connectivity index (χ2v) is 10.8. The van der Waals surface area contributed by atoms with E-state index in [2.05, 4.69) is 28.1 Å². The third-order valence-corrected chi connectivity index (χ3v) is 6.61. The lowest BCUT2D eigenvalue weighted by Crippen LogP contribution is -3.00. The van der Waals surface area contributed by atoms with E-state index in [-0.39, 0.29) is 45.8 Å². The first-order valence-corrected chi connectivity index (χ1v) is 13.4. The summed E-state index contributed by atoms with van der Waals surface area (Å²) >= 11 is 0. The van der Waals surface area contributed by atoms with E-state index in [1.807, 2.05) is 0 Å². The molecule has 34 heavy (non-hydrogen) atoms. The van der Waals surface area contributed by atoms with Crippen molar-refractivity contribution < 1.29 is 41.3 Å². The molecule has 1 fully saturated rings. The van der Waals surface area contributed by atoms with Crippen molar-refractivity contribution >= 4 is 28.9 Å². The fourth-order valence-electron chi connectivity index (χ4n) is 4.37. The fraction of sp³-hybridized carbons (Fsp3) is 0.926. The van der Waals surface area contributed by atoms with Gasteiger partial charge in [0.15, 0.2) is 0 Å². The minimum absolute atomic E-state index is 0. The maximum Gasteiger partial charge on any atom is 0.306 e. The van der Waals surface area contributed by atoms with Gasteiger partial charge in [-0.3, -0.25) is 9.59 Å². The quantitative estimate of drug-likeness (QED) is 0.183. The Bertz CT molecular complexity index is 454. The number of hydrogen-bond donors (Lipinski definition) is 2. The molecule has 0 spiro atoms. The monoisotopic (exact) mass is 615 g/mol. The number of halogens is 2. The van der Waals surface area contributed by atoms with Gasteiger partial charge in [-0.1, -0.05) is 84.0 Å². The van der Waals surface area contributed by atoms with Crippen molar-refractivity contribution in [1.82, 2.24) is 0 Å². The van der Waals surface area contributed by atoms with Crippen LogP contribution in [-0.2, 0) is 9.59 Å². The molecule has 7 heteroatoms. The summed E-state index contributed by atoms with van der Waals surface area (Å²) in [6.07, 6.45) is 22.4. The molecule has 0 bridgehead atoms. The number of nitrogens with zero attached hydrogens (tertiary/aromatic N) is 1. The Labute approximate surface area is 231 Å². The normalized spacial score (nSPS) is 17.5. The summed E-state index contributed by atoms with van der Waals surface area (Å²) in [4.78, 5) is 21.0. The molecule has 0 aromatic heterocycles. The molecule has 0 radical (unpaired) electrons. The van der Waals surface area contributed by atoms with Crippen LogP contribution < -0.4 is 17.0 Å². The lowest BCUT2D eigenvalue weighted by molar-refractivity contribution is -0.870. The molecule has 1 saturated carbocycles. The van der Waals surface area contributed by atoms with Crippen LogP contribution in [0.25, 0.3) is 0 Å². The Morgan fingerprint density at radius 3 is 1.12 bits per heavy atom. The molecular weight excluding hydrogens is 562 g/mol. The molecule has 0 aliphatic heterocycles. The molecule has 1 aliphatic carbocycles. The molecule has 0 unspecified atom stereocenters. The van der Waals surface area contributed by atoms with E-state index in [0.717, 1.165) is 4.48 Å². The smallest absolute Gasteiger partial charge is 0.306 e. The number of carbonyl (C=O) groups is 2. The van der Waals surface area contributed by atoms with Gasteiger partial charge >= 0.3 is 11.9 Å². The van der Waals surface area contributed by atoms with Crippen molar-refractivity contribution in [3.63, 3.8) is 0 Å². The summed E-state index contributed by atoms with van der Waals surface area (Å²) in [5.41, 5.74) is 0. The third-order valence-electron chi connectivity index (χ3n) is 6.61. The maximum atomic E-state index is 10.5. The topological polar surface area (TPSA) is 74.6 Å². The van der Waals surface area contributed by atoms with Crippen molar-refractivity contribution in [2.45, 2.75) is 122 Å². The van der Waals surface area contributed by atoms with Gasteiger partial charge in [-0.25, -0.2) is 0 Å². The largest absolute Gasteiger partial charge is 1.00 e. The molecule has 0 atom stereocenters. The van der Waals surface area contributed by atoms with Crippen molar-refractivity contribution in [1.29, 1.82) is 0 Å². The van der Waals surface area contributed by atoms with Crippen LogP contribution in [0.4, 0.5) is 0 Å². The van der Waals surface area contributed by atoms with E-state index in [0.29, 0.717) is 25.7 Å². The van der Waals surface area contributed by atoms with Crippen LogP contribution in [0.3, 0.4) is 0 Å². The van der Waals surface area contributed by atoms with E-state index < -0.39 is 11.9 Å². The zero-order valence-electron chi connectivity index (χ0n) is 22.5. The van der Waals surface area contributed by atoms with E-state index >= 15 is 0 Å². The van der Waals surface area contributed by atoms with Crippen LogP contribution in [0, 0.1) is 11.8 Å². The Kier molecular flexibility index (Phi) is 27.7. The Morgan fingerprint density at radius 1 is 0.618 bits per heavy atom. The molecule has 0 heterocycles. The standard InChI is InChI=1S/C19H42N.C8H12O4.2BrH/c1-5-6-7-8-9-10-11-12-13-14-15-16-17-18-19-20(2,3)4;9-7(10)5-1-2-6(4-3-5)8(11)12;;/h5-19H2,1-4H3;5-6H,1-4H2,(H,9,10)(H,11,12);2*1H/q+1;;;/p-1. The SMILES string of the molecule is Br.CCCCCCCCCCCCCCCC[N+](C)(C)C.O=C(O)C1CCC(C(=O)O)CC1.[Br-]. The molecule has 1 rings (SSSR count). The highest BCUT2D eigenvalue weighted by atomic mass is 79.9. The second-order valence-electron chi connectivity index (χ2n) is 10.8. The average molecular weight is 618 g/mol. The van der Waals surface area contributed by atoms with Gasteiger partial charge in [-0.15, -0.1) is 17.0 Å². The lowest BCUT2D eigenvalue weighted by atomic mass is 9.82. The Hall–Kier alpha value is -0.140. The van der Waals surface area contributed by atoms with Crippen molar-refractivity contribution in [3.05, 3.63) is 0 Å². The minimum atomic E-state index is -0.793. The highest BCUT2D eigenvalue weighted by Crippen LogP contribution is 2.28. The van der Waals surface area contributed by atoms with Gasteiger partial charge < -0.3 is 31.7 Å². The number of hydrogen-bond acceptors (Lipinski definition) is 2. The molecule has 1 aliphatic rings. The summed E-state index contributed by atoms with van der Waals surface area (Å²) in [5, 5.41) is 17.2. The van der Waals surface area contributed by atoms with E-state index in [1.54, 1.807) is 0 Å². The molecule has 0 aromatic rings. The predicted molar refractivity (Wildman–Crippen MR) is 144 cm³/mol. The van der Waals surface area contributed by atoms with Crippen LogP contribution in [0.15, 0.2) is 0 Å². The number of carboxylic acids is 2. The number of carboxylic acid groups (broad SMARTS) is 2. The summed E-state index contributed by atoms with van der Waals surface area (Å²) in [6.45, 7) is 3.63. The Morgan fingerprint density at radius 2 is 0.882 bits per heavy atom. The van der Waals surface area contributed by atoms with Gasteiger partial charge in [0, 0.05) is 0 Å². The highest BCUT2D eigenvalue weighted by Gasteiger charge is 2.29. The van der Waals surface area contributed by atoms with Gasteiger partial charge in [0.25, 0.3) is 0 Å². The molecule has 0 aromatic carbocycles. The summed E-state index contributed by atoms with van der Waals surface area (Å²) in [6, 6.07) is 0. The third kappa shape index (κ3) is 25.0. The first kappa shape index (κ1) is 38.4. The molecule has 0 amide bonds. The molecule has 0 saturated heterocycles. The number of aliphatic carboxylic acids is 2.